The molecule has 0 saturated carbocycles. The van der Waals surface area contributed by atoms with Crippen molar-refractivity contribution >= 4 is 17.0 Å². The normalized spacial score (nSPS) is 10.3. The Kier molecular flexibility index (Phi) is 1.90. The Hall–Kier alpha value is -1.95. The predicted octanol–water partition coefficient (Wildman–Crippen LogP) is 1.62. The second-order valence-corrected chi connectivity index (χ2v) is 3.06. The van der Waals surface area contributed by atoms with Crippen LogP contribution in [0.15, 0.2) is 18.2 Å². The largest absolute Gasteiger partial charge is 0.369 e. The van der Waals surface area contributed by atoms with Gasteiger partial charge in [0.2, 0.25) is 5.95 Å². The summed E-state index contributed by atoms with van der Waals surface area (Å²) in [4.78, 5) is 4.24. The molecule has 3 heteroatoms. The molecule has 2 aromatic rings. The molecule has 1 heterocycles. The number of hydrogen-bond acceptors (Lipinski definition) is 2. The Bertz CT molecular complexity index is 517. The third-order valence-electron chi connectivity index (χ3n) is 2.26. The standard InChI is InChI=1S/C11H11N3/c1-3-8-5-6-10-9(7-8)13-11(12)14(10)4-2/h1,5-7H,4H2,2H3,(H2,12,13). The number of nitrogens with zero attached hydrogens (tertiary/aromatic N) is 2. The fraction of sp³-hybridized carbons (Fsp3) is 0.182. The van der Waals surface area contributed by atoms with Gasteiger partial charge in [-0.1, -0.05) is 5.92 Å². The van der Waals surface area contributed by atoms with Crippen molar-refractivity contribution < 1.29 is 0 Å². The molecule has 0 aliphatic rings. The highest BCUT2D eigenvalue weighted by Gasteiger charge is 2.05. The molecule has 1 aromatic heterocycles. The monoisotopic (exact) mass is 185 g/mol. The van der Waals surface area contributed by atoms with Crippen molar-refractivity contribution in [2.24, 2.45) is 0 Å². The first kappa shape index (κ1) is 8.64. The van der Waals surface area contributed by atoms with Crippen molar-refractivity contribution in [1.82, 2.24) is 9.55 Å². The topological polar surface area (TPSA) is 43.8 Å². The van der Waals surface area contributed by atoms with Crippen molar-refractivity contribution in [2.75, 3.05) is 5.73 Å². The van der Waals surface area contributed by atoms with E-state index in [-0.39, 0.29) is 0 Å². The Morgan fingerprint density at radius 3 is 3.00 bits per heavy atom. The second kappa shape index (κ2) is 3.08. The smallest absolute Gasteiger partial charge is 0.201 e. The maximum atomic E-state index is 5.76. The number of rotatable bonds is 1. The van der Waals surface area contributed by atoms with E-state index in [0.29, 0.717) is 5.95 Å². The van der Waals surface area contributed by atoms with Crippen LogP contribution in [-0.4, -0.2) is 9.55 Å². The summed E-state index contributed by atoms with van der Waals surface area (Å²) in [5.74, 6) is 3.11. The van der Waals surface area contributed by atoms with Gasteiger partial charge in [-0.05, 0) is 25.1 Å². The number of aromatic nitrogens is 2. The number of fused-ring (bicyclic) bond motifs is 1. The minimum Gasteiger partial charge on any atom is -0.369 e. The van der Waals surface area contributed by atoms with Gasteiger partial charge in [0.15, 0.2) is 0 Å². The van der Waals surface area contributed by atoms with Gasteiger partial charge in [-0.2, -0.15) is 0 Å². The highest BCUT2D eigenvalue weighted by Crippen LogP contribution is 2.18. The summed E-state index contributed by atoms with van der Waals surface area (Å²) in [6, 6.07) is 5.73. The Morgan fingerprint density at radius 2 is 2.36 bits per heavy atom. The van der Waals surface area contributed by atoms with Gasteiger partial charge in [-0.25, -0.2) is 4.98 Å². The molecule has 0 aliphatic heterocycles. The van der Waals surface area contributed by atoms with E-state index in [0.717, 1.165) is 23.1 Å². The molecular formula is C11H11N3. The van der Waals surface area contributed by atoms with Crippen LogP contribution < -0.4 is 5.73 Å². The zero-order chi connectivity index (χ0) is 10.1. The van der Waals surface area contributed by atoms with E-state index < -0.39 is 0 Å². The van der Waals surface area contributed by atoms with Crippen molar-refractivity contribution in [3.8, 4) is 12.3 Å². The van der Waals surface area contributed by atoms with Crippen molar-refractivity contribution in [2.45, 2.75) is 13.5 Å². The van der Waals surface area contributed by atoms with Crippen LogP contribution in [-0.2, 0) is 6.54 Å². The molecular weight excluding hydrogens is 174 g/mol. The number of aryl methyl sites for hydroxylation is 1. The second-order valence-electron chi connectivity index (χ2n) is 3.06. The molecule has 1 aromatic carbocycles. The Balaban J connectivity index is 2.76. The van der Waals surface area contributed by atoms with Crippen molar-refractivity contribution in [3.63, 3.8) is 0 Å². The molecule has 2 N–H and O–H groups in total. The molecule has 14 heavy (non-hydrogen) atoms. The summed E-state index contributed by atoms with van der Waals surface area (Å²) >= 11 is 0. The molecule has 0 bridgehead atoms. The van der Waals surface area contributed by atoms with Gasteiger partial charge in [0, 0.05) is 12.1 Å². The number of anilines is 1. The summed E-state index contributed by atoms with van der Waals surface area (Å²) in [6.45, 7) is 2.85. The van der Waals surface area contributed by atoms with E-state index in [1.807, 2.05) is 29.7 Å². The first-order valence-electron chi connectivity index (χ1n) is 4.48. The lowest BCUT2D eigenvalue weighted by molar-refractivity contribution is 0.800. The van der Waals surface area contributed by atoms with E-state index in [9.17, 15) is 0 Å². The molecule has 0 radical (unpaired) electrons. The highest BCUT2D eigenvalue weighted by atomic mass is 15.1. The molecule has 0 spiro atoms. The lowest BCUT2D eigenvalue weighted by Gasteiger charge is -2.00. The first-order valence-corrected chi connectivity index (χ1v) is 4.48. The Labute approximate surface area is 82.6 Å². The van der Waals surface area contributed by atoms with E-state index in [1.165, 1.54) is 0 Å². The molecule has 0 saturated heterocycles. The third-order valence-corrected chi connectivity index (χ3v) is 2.26. The number of hydrogen-bond donors (Lipinski definition) is 1. The SMILES string of the molecule is C#Cc1ccc2c(c1)nc(N)n2CC. The molecule has 2 rings (SSSR count). The fourth-order valence-electron chi connectivity index (χ4n) is 1.57. The summed E-state index contributed by atoms with van der Waals surface area (Å²) in [5.41, 5.74) is 8.48. The molecule has 70 valence electrons. The summed E-state index contributed by atoms with van der Waals surface area (Å²) in [5, 5.41) is 0. The summed E-state index contributed by atoms with van der Waals surface area (Å²) in [6.07, 6.45) is 5.30. The predicted molar refractivity (Wildman–Crippen MR) is 57.8 cm³/mol. The fourth-order valence-corrected chi connectivity index (χ4v) is 1.57. The van der Waals surface area contributed by atoms with Gasteiger partial charge in [-0.15, -0.1) is 6.42 Å². The molecule has 0 unspecified atom stereocenters. The average Bonchev–Trinajstić information content (AvgIpc) is 2.51. The van der Waals surface area contributed by atoms with Crippen molar-refractivity contribution in [3.05, 3.63) is 23.8 Å². The lowest BCUT2D eigenvalue weighted by Crippen LogP contribution is -2.00. The van der Waals surface area contributed by atoms with Crippen LogP contribution >= 0.6 is 0 Å². The number of benzene rings is 1. The highest BCUT2D eigenvalue weighted by molar-refractivity contribution is 5.79. The third kappa shape index (κ3) is 1.12. The quantitative estimate of drug-likeness (QED) is 0.686. The van der Waals surface area contributed by atoms with E-state index in [4.69, 9.17) is 12.2 Å². The maximum Gasteiger partial charge on any atom is 0.201 e. The maximum absolute atomic E-state index is 5.76. The number of nitrogens with two attached hydrogens (primary N) is 1. The van der Waals surface area contributed by atoms with Gasteiger partial charge in [0.25, 0.3) is 0 Å². The van der Waals surface area contributed by atoms with Crippen LogP contribution in [0, 0.1) is 12.3 Å². The van der Waals surface area contributed by atoms with Crippen LogP contribution in [0.25, 0.3) is 11.0 Å². The minimum absolute atomic E-state index is 0.539. The molecule has 0 fully saturated rings. The number of nitrogen functional groups attached to an aromatic ring is 1. The zero-order valence-corrected chi connectivity index (χ0v) is 7.99. The van der Waals surface area contributed by atoms with Crippen LogP contribution in [0.3, 0.4) is 0 Å². The zero-order valence-electron chi connectivity index (χ0n) is 7.99. The number of imidazole rings is 1. The average molecular weight is 185 g/mol. The first-order chi connectivity index (χ1) is 6.76. The lowest BCUT2D eigenvalue weighted by atomic mass is 10.2. The minimum atomic E-state index is 0.539. The van der Waals surface area contributed by atoms with Crippen LogP contribution in [0.2, 0.25) is 0 Å². The van der Waals surface area contributed by atoms with Gasteiger partial charge >= 0.3 is 0 Å². The van der Waals surface area contributed by atoms with Gasteiger partial charge < -0.3 is 10.3 Å². The van der Waals surface area contributed by atoms with Crippen LogP contribution in [0.5, 0.6) is 0 Å². The summed E-state index contributed by atoms with van der Waals surface area (Å²) < 4.78 is 1.95. The summed E-state index contributed by atoms with van der Waals surface area (Å²) in [7, 11) is 0. The van der Waals surface area contributed by atoms with Gasteiger partial charge in [0.1, 0.15) is 0 Å². The van der Waals surface area contributed by atoms with E-state index >= 15 is 0 Å². The van der Waals surface area contributed by atoms with Gasteiger partial charge in [-0.3, -0.25) is 0 Å². The number of terminal acetylenes is 1. The van der Waals surface area contributed by atoms with Gasteiger partial charge in [0.05, 0.1) is 11.0 Å². The van der Waals surface area contributed by atoms with E-state index in [2.05, 4.69) is 10.9 Å². The Morgan fingerprint density at radius 1 is 1.57 bits per heavy atom. The van der Waals surface area contributed by atoms with Crippen molar-refractivity contribution in [1.29, 1.82) is 0 Å². The molecule has 0 atom stereocenters. The molecule has 0 aliphatic carbocycles. The van der Waals surface area contributed by atoms with E-state index in [1.54, 1.807) is 0 Å². The molecule has 3 nitrogen and oxygen atoms in total. The molecule has 0 amide bonds. The van der Waals surface area contributed by atoms with Crippen LogP contribution in [0.1, 0.15) is 12.5 Å². The van der Waals surface area contributed by atoms with Crippen LogP contribution in [0.4, 0.5) is 5.95 Å².